The summed E-state index contributed by atoms with van der Waals surface area (Å²) in [5.41, 5.74) is 4.47. The zero-order valence-corrected chi connectivity index (χ0v) is 53.1. The fourth-order valence-corrected chi connectivity index (χ4v) is 7.12. The van der Waals surface area contributed by atoms with Gasteiger partial charge in [0.05, 0.1) is 52.9 Å². The molecule has 77 heavy (non-hydrogen) atoms. The van der Waals surface area contributed by atoms with Gasteiger partial charge in [-0.25, -0.2) is 9.59 Å². The van der Waals surface area contributed by atoms with Crippen molar-refractivity contribution >= 4 is 53.5 Å². The van der Waals surface area contributed by atoms with Crippen molar-refractivity contribution < 1.29 is 57.0 Å². The van der Waals surface area contributed by atoms with Gasteiger partial charge in [0.1, 0.15) is 24.1 Å². The van der Waals surface area contributed by atoms with Gasteiger partial charge in [-0.1, -0.05) is 43.4 Å². The van der Waals surface area contributed by atoms with Crippen LogP contribution in [-0.4, -0.2) is 282 Å². The average molecular weight is 1240 g/mol. The second-order valence-electron chi connectivity index (χ2n) is 20.2. The van der Waals surface area contributed by atoms with Crippen molar-refractivity contribution in [3.63, 3.8) is 0 Å². The molecule has 4 saturated heterocycles. The average Bonchev–Trinajstić information content (AvgIpc) is 4.00. The molecule has 462 valence electrons. The molecule has 0 aromatic rings. The Balaban J connectivity index is -0.000000973. The molecule has 0 aliphatic carbocycles. The number of amides is 2. The van der Waals surface area contributed by atoms with Crippen molar-refractivity contribution in [2.75, 3.05) is 228 Å². The highest BCUT2D eigenvalue weighted by Crippen LogP contribution is 2.08. The molecule has 0 bridgehead atoms. The van der Waals surface area contributed by atoms with Gasteiger partial charge in [0.2, 0.25) is 0 Å². The Morgan fingerprint density at radius 3 is 1.12 bits per heavy atom. The molecular weight excluding hydrogens is 1130 g/mol. The number of alkyl halides is 1. The molecule has 0 aromatic heterocycles. The topological polar surface area (TPSA) is 213 Å². The van der Waals surface area contributed by atoms with E-state index < -0.39 is 23.4 Å². The van der Waals surface area contributed by atoms with Gasteiger partial charge >= 0.3 is 12.2 Å². The molecule has 0 atom stereocenters. The second-order valence-corrected chi connectivity index (χ2v) is 20.2. The van der Waals surface area contributed by atoms with Crippen LogP contribution in [0.3, 0.4) is 0 Å². The number of halogens is 2. The maximum Gasteiger partial charge on any atom is 0.407 e. The summed E-state index contributed by atoms with van der Waals surface area (Å²) in [5, 5.41) is 8.71. The number of alkyl carbamates (subject to hydrolysis) is 2. The molecule has 4 aliphatic rings. The first-order chi connectivity index (χ1) is 36.7. The number of carbonyl (C=O) groups excluding carboxylic acids is 3. The first-order valence-electron chi connectivity index (χ1n) is 28.5. The van der Waals surface area contributed by atoms with Crippen molar-refractivity contribution in [2.24, 2.45) is 5.73 Å². The quantitative estimate of drug-likeness (QED) is 0.0315. The fourth-order valence-electron chi connectivity index (χ4n) is 7.12. The summed E-state index contributed by atoms with van der Waals surface area (Å²) in [4.78, 5) is 46.6. The molecule has 0 radical (unpaired) electrons. The molecule has 4 fully saturated rings. The number of hydrogen-bond donors (Lipinski definition) is 4. The van der Waals surface area contributed by atoms with Crippen LogP contribution >= 0.6 is 35.0 Å². The highest BCUT2D eigenvalue weighted by Gasteiger charge is 2.19. The predicted molar refractivity (Wildman–Crippen MR) is 322 cm³/mol. The van der Waals surface area contributed by atoms with E-state index in [1.807, 2.05) is 53.4 Å². The molecule has 0 saturated carbocycles. The number of ether oxygens (including phenoxy) is 9. The van der Waals surface area contributed by atoms with E-state index in [1.54, 1.807) is 0 Å². The van der Waals surface area contributed by atoms with Crippen molar-refractivity contribution in [3.05, 3.63) is 0 Å². The lowest BCUT2D eigenvalue weighted by atomic mass is 10.2. The molecule has 0 aromatic carbocycles. The van der Waals surface area contributed by atoms with Gasteiger partial charge in [-0.3, -0.25) is 24.5 Å². The summed E-state index contributed by atoms with van der Waals surface area (Å²) >= 11 is 2.15. The van der Waals surface area contributed by atoms with E-state index in [4.69, 9.17) is 48.4 Å². The van der Waals surface area contributed by atoms with Crippen molar-refractivity contribution in [2.45, 2.75) is 106 Å². The lowest BCUT2D eigenvalue weighted by molar-refractivity contribution is -0.111. The molecule has 21 nitrogen and oxygen atoms in total. The summed E-state index contributed by atoms with van der Waals surface area (Å²) in [6, 6.07) is 0. The number of carbonyl (C=O) groups is 3. The number of nitrogens with two attached hydrogens (primary N) is 1. The van der Waals surface area contributed by atoms with E-state index in [2.05, 4.69) is 76.9 Å². The molecule has 4 heterocycles. The van der Waals surface area contributed by atoms with Crippen LogP contribution < -0.4 is 21.7 Å². The van der Waals surface area contributed by atoms with Crippen molar-refractivity contribution in [1.29, 1.82) is 0 Å². The minimum Gasteiger partial charge on any atom is -0.444 e. The van der Waals surface area contributed by atoms with E-state index >= 15 is 0 Å². The normalized spacial score (nSPS) is 16.4. The molecule has 0 unspecified atom stereocenters. The van der Waals surface area contributed by atoms with Crippen LogP contribution in [0.25, 0.3) is 0 Å². The Hall–Kier alpha value is -1.33. The summed E-state index contributed by atoms with van der Waals surface area (Å²) in [7, 11) is 0. The van der Waals surface area contributed by atoms with Gasteiger partial charge in [-0.15, -0.1) is 12.4 Å². The zero-order chi connectivity index (χ0) is 56.8. The second kappa shape index (κ2) is 57.9. The third-order valence-electron chi connectivity index (χ3n) is 11.0. The minimum atomic E-state index is -0.469. The Morgan fingerprint density at radius 2 is 0.831 bits per heavy atom. The number of rotatable bonds is 31. The van der Waals surface area contributed by atoms with Crippen LogP contribution in [0.2, 0.25) is 0 Å². The molecule has 0 spiro atoms. The van der Waals surface area contributed by atoms with E-state index in [0.717, 1.165) is 170 Å². The van der Waals surface area contributed by atoms with Crippen LogP contribution in [0.1, 0.15) is 94.4 Å². The van der Waals surface area contributed by atoms with Gasteiger partial charge in [0.25, 0.3) is 0 Å². The zero-order valence-electron chi connectivity index (χ0n) is 50.2. The summed E-state index contributed by atoms with van der Waals surface area (Å²) in [6.07, 6.45) is 5.71. The van der Waals surface area contributed by atoms with Crippen LogP contribution in [0.5, 0.6) is 0 Å². The molecule has 23 heteroatoms. The minimum absolute atomic E-state index is 0. The van der Waals surface area contributed by atoms with E-state index in [-0.39, 0.29) is 19.0 Å². The van der Waals surface area contributed by atoms with Crippen molar-refractivity contribution in [1.82, 2.24) is 40.4 Å². The number of aldehydes is 1. The van der Waals surface area contributed by atoms with Gasteiger partial charge in [0, 0.05) is 164 Å². The lowest BCUT2D eigenvalue weighted by Gasteiger charge is -2.34. The Morgan fingerprint density at radius 1 is 0.519 bits per heavy atom. The van der Waals surface area contributed by atoms with Gasteiger partial charge < -0.3 is 69.1 Å². The first-order valence-corrected chi connectivity index (χ1v) is 30.6. The third kappa shape index (κ3) is 59.1. The Bertz CT molecular complexity index is 1190. The van der Waals surface area contributed by atoms with Crippen molar-refractivity contribution in [3.8, 4) is 0 Å². The van der Waals surface area contributed by atoms with Gasteiger partial charge in [-0.2, -0.15) is 0 Å². The fraction of sp³-hybridized carbons (Fsp3) is 0.944. The van der Waals surface area contributed by atoms with Gasteiger partial charge in [-0.05, 0) is 78.6 Å². The Kier molecular flexibility index (Phi) is 60.1. The summed E-state index contributed by atoms with van der Waals surface area (Å²) in [6.45, 7) is 47.2. The Labute approximate surface area is 488 Å². The molecule has 4 rings (SSSR count). The SMILES string of the molecule is C1CCOC1.CC(C)(C)OC(=O)NCCOCCN1CCN(CCOCCN)CC1.CCCOCC=O.CCCOCCN1CCN(CCOCCNC(=O)OC(C)(C)C)CC1.CCCOCCN1CCNCC1.CI.Cl. The van der Waals surface area contributed by atoms with Crippen LogP contribution in [0, 0.1) is 0 Å². The van der Waals surface area contributed by atoms with E-state index in [1.165, 1.54) is 25.9 Å². The third-order valence-corrected chi connectivity index (χ3v) is 11.0. The lowest BCUT2D eigenvalue weighted by Crippen LogP contribution is -2.48. The predicted octanol–water partition coefficient (Wildman–Crippen LogP) is 4.89. The standard InChI is InChI=1S/C18H37N3O4.C17H36N4O4.C9H20N2O.C5H10O2.C4H8O.CH3I.ClH/c1-5-13-23-15-11-20-7-9-21(10-8-20)12-16-24-14-6-19-17(22)25-18(2,3)4;1-17(2,3)25-16(22)19-5-13-24-15-11-21-8-6-20(7-9-21)10-14-23-12-4-18;1-2-8-12-9-7-11-5-3-10-4-6-11;1-2-4-7-5-3-6;1-2-4-5-3-1;1-2;/h5-16H2,1-4H3,(H,19,22);4-15,18H2,1-3H3,(H,19,22);10H,2-9H2,1H3;3H,2,4-5H2,1H3;1-4H2;1H3;1H. The molecule has 5 N–H and O–H groups in total. The van der Waals surface area contributed by atoms with Crippen LogP contribution in [0.15, 0.2) is 0 Å². The summed E-state index contributed by atoms with van der Waals surface area (Å²) < 4.78 is 47.6. The first kappa shape index (κ1) is 79.9. The van der Waals surface area contributed by atoms with Crippen LogP contribution in [0.4, 0.5) is 9.59 Å². The molecular formula is C54H115ClIN9O12. The number of nitrogens with zero attached hydrogens (tertiary/aromatic N) is 5. The number of nitrogens with one attached hydrogen (secondary N) is 3. The maximum atomic E-state index is 11.5. The molecule has 4 aliphatic heterocycles. The monoisotopic (exact) mass is 1240 g/mol. The maximum absolute atomic E-state index is 11.5. The number of piperazine rings is 3. The summed E-state index contributed by atoms with van der Waals surface area (Å²) in [5.74, 6) is 0. The van der Waals surface area contributed by atoms with E-state index in [0.29, 0.717) is 59.3 Å². The molecule has 2 amide bonds. The highest BCUT2D eigenvalue weighted by atomic mass is 127. The number of hydrogen-bond acceptors (Lipinski definition) is 19. The van der Waals surface area contributed by atoms with Gasteiger partial charge in [0.15, 0.2) is 0 Å². The smallest absolute Gasteiger partial charge is 0.407 e. The highest BCUT2D eigenvalue weighted by molar-refractivity contribution is 14.1. The largest absolute Gasteiger partial charge is 0.444 e. The van der Waals surface area contributed by atoms with E-state index in [9.17, 15) is 14.4 Å². The van der Waals surface area contributed by atoms with Crippen LogP contribution in [-0.2, 0) is 47.4 Å².